The van der Waals surface area contributed by atoms with E-state index in [4.69, 9.17) is 5.26 Å². The number of benzene rings is 1. The third-order valence-electron chi connectivity index (χ3n) is 1.99. The molecule has 0 aromatic heterocycles. The summed E-state index contributed by atoms with van der Waals surface area (Å²) < 4.78 is 0. The fourth-order valence-electron chi connectivity index (χ4n) is 1.19. The molecule has 0 fully saturated rings. The van der Waals surface area contributed by atoms with Gasteiger partial charge in [0.05, 0.1) is 11.1 Å². The van der Waals surface area contributed by atoms with E-state index in [2.05, 4.69) is 0 Å². The Morgan fingerprint density at radius 1 is 1.33 bits per heavy atom. The maximum Gasteiger partial charge on any atom is 0.207 e. The second kappa shape index (κ2) is 4.43. The number of hydrogen-bond donors (Lipinski definition) is 1. The van der Waals surface area contributed by atoms with Crippen LogP contribution in [-0.4, -0.2) is 10.9 Å². The number of phenols is 1. The number of nitrogens with zero attached hydrogens (tertiary/aromatic N) is 1. The lowest BCUT2D eigenvalue weighted by Crippen LogP contribution is -2.03. The van der Waals surface area contributed by atoms with Gasteiger partial charge < -0.3 is 5.11 Å². The van der Waals surface area contributed by atoms with Crippen molar-refractivity contribution in [3.05, 3.63) is 41.0 Å². The second-order valence-electron chi connectivity index (χ2n) is 3.33. The average Bonchev–Trinajstić information content (AvgIpc) is 2.18. The van der Waals surface area contributed by atoms with Crippen molar-refractivity contribution in [3.8, 4) is 11.8 Å². The Bertz CT molecular complexity index is 463. The van der Waals surface area contributed by atoms with Gasteiger partial charge in [0, 0.05) is 0 Å². The summed E-state index contributed by atoms with van der Waals surface area (Å²) in [6.45, 7) is 3.38. The SMILES string of the molecule is CC(C)=C(C#N)C(=O)c1ccccc1O. The average molecular weight is 201 g/mol. The van der Waals surface area contributed by atoms with Crippen LogP contribution in [0.1, 0.15) is 24.2 Å². The van der Waals surface area contributed by atoms with Crippen LogP contribution in [0.4, 0.5) is 0 Å². The molecule has 15 heavy (non-hydrogen) atoms. The predicted molar refractivity (Wildman–Crippen MR) is 56.4 cm³/mol. The van der Waals surface area contributed by atoms with Crippen molar-refractivity contribution in [2.24, 2.45) is 0 Å². The summed E-state index contributed by atoms with van der Waals surface area (Å²) >= 11 is 0. The maximum absolute atomic E-state index is 11.8. The van der Waals surface area contributed by atoms with Gasteiger partial charge in [-0.25, -0.2) is 0 Å². The van der Waals surface area contributed by atoms with Gasteiger partial charge in [-0.1, -0.05) is 17.7 Å². The molecule has 3 nitrogen and oxygen atoms in total. The summed E-state index contributed by atoms with van der Waals surface area (Å²) in [7, 11) is 0. The number of allylic oxidation sites excluding steroid dienone is 2. The minimum absolute atomic E-state index is 0.0801. The molecule has 0 aliphatic rings. The molecule has 1 aromatic rings. The molecular formula is C12H11NO2. The highest BCUT2D eigenvalue weighted by Crippen LogP contribution is 2.20. The molecule has 1 rings (SSSR count). The van der Waals surface area contributed by atoms with Crippen LogP contribution in [0.25, 0.3) is 0 Å². The molecule has 0 spiro atoms. The lowest BCUT2D eigenvalue weighted by atomic mass is 10.0. The number of rotatable bonds is 2. The van der Waals surface area contributed by atoms with Crippen molar-refractivity contribution >= 4 is 5.78 Å². The van der Waals surface area contributed by atoms with Crippen LogP contribution in [-0.2, 0) is 0 Å². The molecule has 0 atom stereocenters. The van der Waals surface area contributed by atoms with Crippen LogP contribution in [0, 0.1) is 11.3 Å². The van der Waals surface area contributed by atoms with E-state index in [0.29, 0.717) is 5.57 Å². The Hall–Kier alpha value is -2.08. The highest BCUT2D eigenvalue weighted by atomic mass is 16.3. The summed E-state index contributed by atoms with van der Waals surface area (Å²) in [6, 6.07) is 8.04. The van der Waals surface area contributed by atoms with E-state index in [9.17, 15) is 9.90 Å². The van der Waals surface area contributed by atoms with Crippen molar-refractivity contribution in [2.75, 3.05) is 0 Å². The lowest BCUT2D eigenvalue weighted by Gasteiger charge is -2.03. The van der Waals surface area contributed by atoms with Crippen molar-refractivity contribution < 1.29 is 9.90 Å². The zero-order chi connectivity index (χ0) is 11.4. The molecule has 0 unspecified atom stereocenters. The largest absolute Gasteiger partial charge is 0.507 e. The molecule has 0 aliphatic carbocycles. The van der Waals surface area contributed by atoms with Gasteiger partial charge in [-0.05, 0) is 26.0 Å². The van der Waals surface area contributed by atoms with Crippen LogP contribution < -0.4 is 0 Å². The number of hydrogen-bond acceptors (Lipinski definition) is 3. The first kappa shape index (κ1) is 11.0. The van der Waals surface area contributed by atoms with E-state index in [0.717, 1.165) is 0 Å². The molecule has 0 radical (unpaired) electrons. The van der Waals surface area contributed by atoms with Crippen LogP contribution in [0.3, 0.4) is 0 Å². The third kappa shape index (κ3) is 2.23. The quantitative estimate of drug-likeness (QED) is 0.454. The molecule has 76 valence electrons. The van der Waals surface area contributed by atoms with Gasteiger partial charge in [-0.3, -0.25) is 4.79 Å². The molecule has 0 saturated carbocycles. The Morgan fingerprint density at radius 3 is 2.40 bits per heavy atom. The fraction of sp³-hybridized carbons (Fsp3) is 0.167. The summed E-state index contributed by atoms with van der Waals surface area (Å²) in [5.74, 6) is -0.535. The molecule has 0 heterocycles. The number of ketones is 1. The number of para-hydroxylation sites is 1. The predicted octanol–water partition coefficient (Wildman–Crippen LogP) is 2.43. The van der Waals surface area contributed by atoms with Gasteiger partial charge in [-0.15, -0.1) is 0 Å². The van der Waals surface area contributed by atoms with E-state index in [1.54, 1.807) is 26.0 Å². The first-order valence-corrected chi connectivity index (χ1v) is 4.48. The number of carbonyl (C=O) groups excluding carboxylic acids is 1. The van der Waals surface area contributed by atoms with E-state index in [1.165, 1.54) is 12.1 Å². The van der Waals surface area contributed by atoms with Gasteiger partial charge in [0.2, 0.25) is 5.78 Å². The zero-order valence-corrected chi connectivity index (χ0v) is 8.61. The Kier molecular flexibility index (Phi) is 3.25. The van der Waals surface area contributed by atoms with Gasteiger partial charge in [0.1, 0.15) is 11.8 Å². The minimum atomic E-state index is -0.435. The monoisotopic (exact) mass is 201 g/mol. The molecule has 0 amide bonds. The van der Waals surface area contributed by atoms with Gasteiger partial charge in [0.25, 0.3) is 0 Å². The van der Waals surface area contributed by atoms with Gasteiger partial charge in [-0.2, -0.15) is 5.26 Å². The molecule has 1 aromatic carbocycles. The minimum Gasteiger partial charge on any atom is -0.507 e. The third-order valence-corrected chi connectivity index (χ3v) is 1.99. The number of phenolic OH excluding ortho intramolecular Hbond substituents is 1. The molecular weight excluding hydrogens is 190 g/mol. The van der Waals surface area contributed by atoms with Crippen molar-refractivity contribution in [1.82, 2.24) is 0 Å². The van der Waals surface area contributed by atoms with Crippen LogP contribution in [0.15, 0.2) is 35.4 Å². The maximum atomic E-state index is 11.8. The Labute approximate surface area is 88.3 Å². The summed E-state index contributed by atoms with van der Waals surface area (Å²) in [4.78, 5) is 11.8. The molecule has 0 saturated heterocycles. The number of carbonyl (C=O) groups is 1. The summed E-state index contributed by atoms with van der Waals surface area (Å²) in [6.07, 6.45) is 0. The Morgan fingerprint density at radius 2 is 1.93 bits per heavy atom. The van der Waals surface area contributed by atoms with E-state index in [-0.39, 0.29) is 16.9 Å². The topological polar surface area (TPSA) is 61.1 Å². The highest BCUT2D eigenvalue weighted by Gasteiger charge is 2.16. The van der Waals surface area contributed by atoms with Crippen LogP contribution in [0.2, 0.25) is 0 Å². The van der Waals surface area contributed by atoms with E-state index >= 15 is 0 Å². The second-order valence-corrected chi connectivity index (χ2v) is 3.33. The van der Waals surface area contributed by atoms with Crippen molar-refractivity contribution in [3.63, 3.8) is 0 Å². The first-order valence-electron chi connectivity index (χ1n) is 4.48. The summed E-state index contributed by atoms with van der Waals surface area (Å²) in [5.41, 5.74) is 0.887. The zero-order valence-electron chi connectivity index (χ0n) is 8.61. The normalized spacial score (nSPS) is 9.13. The van der Waals surface area contributed by atoms with E-state index in [1.807, 2.05) is 6.07 Å². The van der Waals surface area contributed by atoms with Gasteiger partial charge >= 0.3 is 0 Å². The lowest BCUT2D eigenvalue weighted by molar-refractivity contribution is 0.103. The number of Topliss-reactive ketones (excluding diaryl/α,β-unsaturated/α-hetero) is 1. The first-order chi connectivity index (χ1) is 7.07. The van der Waals surface area contributed by atoms with Gasteiger partial charge in [0.15, 0.2) is 0 Å². The number of nitriles is 1. The molecule has 0 bridgehead atoms. The molecule has 3 heteroatoms. The highest BCUT2D eigenvalue weighted by molar-refractivity contribution is 6.13. The fourth-order valence-corrected chi connectivity index (χ4v) is 1.19. The summed E-state index contributed by atoms with van der Waals surface area (Å²) in [5, 5.41) is 18.3. The van der Waals surface area contributed by atoms with Crippen molar-refractivity contribution in [2.45, 2.75) is 13.8 Å². The smallest absolute Gasteiger partial charge is 0.207 e. The molecule has 0 aliphatic heterocycles. The van der Waals surface area contributed by atoms with Crippen molar-refractivity contribution in [1.29, 1.82) is 5.26 Å². The number of aromatic hydroxyl groups is 1. The standard InChI is InChI=1S/C12H11NO2/c1-8(2)10(7-13)12(15)9-5-3-4-6-11(9)14/h3-6,14H,1-2H3. The van der Waals surface area contributed by atoms with E-state index < -0.39 is 5.78 Å². The van der Waals surface area contributed by atoms with Crippen LogP contribution >= 0.6 is 0 Å². The van der Waals surface area contributed by atoms with Crippen LogP contribution in [0.5, 0.6) is 5.75 Å². The Balaban J connectivity index is 3.23. The molecule has 1 N–H and O–H groups in total.